The highest BCUT2D eigenvalue weighted by atomic mass is 127. The van der Waals surface area contributed by atoms with E-state index in [4.69, 9.17) is 12.8 Å². The van der Waals surface area contributed by atoms with Crippen molar-refractivity contribution in [2.75, 3.05) is 14.1 Å². The van der Waals surface area contributed by atoms with Crippen LogP contribution in [0.15, 0.2) is 29.1 Å². The number of esters is 1. The van der Waals surface area contributed by atoms with Gasteiger partial charge in [-0.25, -0.2) is 4.79 Å². The van der Waals surface area contributed by atoms with Crippen LogP contribution in [0.1, 0.15) is 41.4 Å². The number of cyclic esters (lactones) is 1. The first kappa shape index (κ1) is 21.4. The fourth-order valence-corrected chi connectivity index (χ4v) is 5.08. The van der Waals surface area contributed by atoms with E-state index in [0.29, 0.717) is 35.5 Å². The van der Waals surface area contributed by atoms with Crippen LogP contribution in [0, 0.1) is 0 Å². The summed E-state index contributed by atoms with van der Waals surface area (Å²) >= 11 is 1.87. The minimum atomic E-state index is -1.80. The molecule has 3 aromatic rings. The van der Waals surface area contributed by atoms with Crippen molar-refractivity contribution < 1.29 is 17.7 Å². The molecule has 9 heteroatoms. The van der Waals surface area contributed by atoms with Crippen LogP contribution >= 0.6 is 23.0 Å². The maximum atomic E-state index is 13.5. The van der Waals surface area contributed by atoms with Gasteiger partial charge < -0.3 is 17.8 Å². The second-order valence-electron chi connectivity index (χ2n) is 8.51. The summed E-state index contributed by atoms with van der Waals surface area (Å²) in [4.78, 5) is 32.7. The molecule has 2 aliphatic rings. The highest BCUT2D eigenvalue weighted by molar-refractivity contribution is 14.1. The quantitative estimate of drug-likeness (QED) is 0.310. The van der Waals surface area contributed by atoms with Crippen molar-refractivity contribution >= 4 is 39.9 Å². The predicted octanol–water partition coefficient (Wildman–Crippen LogP) is 2.73. The van der Waals surface area contributed by atoms with Crippen LogP contribution in [0.4, 0.5) is 0 Å². The lowest BCUT2D eigenvalue weighted by Gasteiger charge is -2.31. The number of halogens is 1. The van der Waals surface area contributed by atoms with Gasteiger partial charge in [-0.15, -0.1) is 0 Å². The number of aliphatic hydroxyl groups is 1. The summed E-state index contributed by atoms with van der Waals surface area (Å²) in [7, 11) is 3.97. The molecular weight excluding hydrogens is 525 g/mol. The van der Waals surface area contributed by atoms with E-state index in [0.717, 1.165) is 27.9 Å². The van der Waals surface area contributed by atoms with Crippen molar-refractivity contribution in [3.05, 3.63) is 62.7 Å². The zero-order valence-electron chi connectivity index (χ0n) is 17.9. The molecule has 166 valence electrons. The molecule has 0 fully saturated rings. The lowest BCUT2D eigenvalue weighted by molar-refractivity contribution is -0.172. The average Bonchev–Trinajstić information content (AvgIpc) is 3.13. The lowest BCUT2D eigenvalue weighted by Crippen LogP contribution is -2.44. The van der Waals surface area contributed by atoms with Gasteiger partial charge in [0.2, 0.25) is 0 Å². The minimum Gasteiger partial charge on any atom is -0.458 e. The SMILES string of the molecule is CC[C@@]1(O)C(=O)OCc2c1cc1n(c2=O)-c2cc3c(CN(C)C)c(OI)ccc3nc2C1. The Balaban J connectivity index is 1.76. The summed E-state index contributed by atoms with van der Waals surface area (Å²) in [5.41, 5.74) is 2.58. The number of fused-ring (bicyclic) bond motifs is 5. The molecule has 8 nitrogen and oxygen atoms in total. The van der Waals surface area contributed by atoms with E-state index in [1.54, 1.807) is 17.6 Å². The van der Waals surface area contributed by atoms with E-state index < -0.39 is 11.6 Å². The minimum absolute atomic E-state index is 0.129. The van der Waals surface area contributed by atoms with Gasteiger partial charge in [0.25, 0.3) is 5.56 Å². The smallest absolute Gasteiger partial charge is 0.343 e. The van der Waals surface area contributed by atoms with Gasteiger partial charge in [0, 0.05) is 35.2 Å². The standard InChI is InChI=1S/C23H22IN3O5/c1-4-23(30)16-7-12-8-18-19(27(12)21(28)15(16)11-31-22(23)29)9-13-14(10-26(2)3)20(32-24)6-5-17(13)25-18/h5-7,9,30H,4,8,10-11H2,1-3H3/t23-/m0/s1. The number of hydrogen-bond acceptors (Lipinski definition) is 7. The van der Waals surface area contributed by atoms with E-state index in [2.05, 4.69) is 4.90 Å². The first-order valence-electron chi connectivity index (χ1n) is 10.4. The maximum Gasteiger partial charge on any atom is 0.343 e. The number of benzene rings is 1. The van der Waals surface area contributed by atoms with Crippen molar-refractivity contribution in [3.8, 4) is 11.4 Å². The average molecular weight is 547 g/mol. The van der Waals surface area contributed by atoms with Crippen molar-refractivity contribution in [1.82, 2.24) is 14.5 Å². The molecule has 0 bridgehead atoms. The summed E-state index contributed by atoms with van der Waals surface area (Å²) < 4.78 is 12.4. The Morgan fingerprint density at radius 3 is 2.78 bits per heavy atom. The van der Waals surface area contributed by atoms with Crippen molar-refractivity contribution in [1.29, 1.82) is 0 Å². The summed E-state index contributed by atoms with van der Waals surface area (Å²) in [6.45, 7) is 2.20. The molecule has 0 saturated carbocycles. The molecular formula is C23H22IN3O5. The molecule has 0 spiro atoms. The summed E-state index contributed by atoms with van der Waals surface area (Å²) in [6.07, 6.45) is 0.569. The molecule has 2 aromatic heterocycles. The zero-order valence-corrected chi connectivity index (χ0v) is 20.1. The van der Waals surface area contributed by atoms with Crippen molar-refractivity contribution in [2.45, 2.75) is 38.5 Å². The second-order valence-corrected chi connectivity index (χ2v) is 8.95. The molecule has 0 unspecified atom stereocenters. The Morgan fingerprint density at radius 1 is 1.31 bits per heavy atom. The summed E-state index contributed by atoms with van der Waals surface area (Å²) in [6, 6.07) is 7.57. The number of rotatable bonds is 4. The Labute approximate surface area is 198 Å². The van der Waals surface area contributed by atoms with Crippen LogP contribution in [-0.4, -0.2) is 39.6 Å². The molecule has 4 heterocycles. The monoisotopic (exact) mass is 547 g/mol. The molecule has 5 rings (SSSR count). The molecule has 1 aromatic carbocycles. The van der Waals surface area contributed by atoms with Crippen LogP contribution in [-0.2, 0) is 34.7 Å². The van der Waals surface area contributed by atoms with Gasteiger partial charge in [-0.2, -0.15) is 0 Å². The van der Waals surface area contributed by atoms with E-state index in [-0.39, 0.29) is 18.6 Å². The van der Waals surface area contributed by atoms with Crippen LogP contribution in [0.25, 0.3) is 16.6 Å². The van der Waals surface area contributed by atoms with Gasteiger partial charge in [0.1, 0.15) is 12.4 Å². The van der Waals surface area contributed by atoms with Gasteiger partial charge in [0.15, 0.2) is 28.6 Å². The largest absolute Gasteiger partial charge is 0.458 e. The van der Waals surface area contributed by atoms with Gasteiger partial charge in [-0.3, -0.25) is 14.3 Å². The number of aromatic nitrogens is 2. The van der Waals surface area contributed by atoms with Crippen LogP contribution in [0.3, 0.4) is 0 Å². The maximum absolute atomic E-state index is 13.5. The Bertz CT molecular complexity index is 1350. The number of ether oxygens (including phenoxy) is 1. The summed E-state index contributed by atoms with van der Waals surface area (Å²) in [5, 5.41) is 11.9. The number of pyridine rings is 2. The van der Waals surface area contributed by atoms with Gasteiger partial charge in [-0.1, -0.05) is 6.92 Å². The zero-order chi connectivity index (χ0) is 22.8. The third kappa shape index (κ3) is 2.98. The molecule has 0 amide bonds. The van der Waals surface area contributed by atoms with Gasteiger partial charge in [0.05, 0.1) is 22.5 Å². The van der Waals surface area contributed by atoms with Crippen molar-refractivity contribution in [3.63, 3.8) is 0 Å². The van der Waals surface area contributed by atoms with E-state index in [1.807, 2.05) is 55.3 Å². The van der Waals surface area contributed by atoms with Gasteiger partial charge >= 0.3 is 5.97 Å². The molecule has 1 N–H and O–H groups in total. The highest BCUT2D eigenvalue weighted by Crippen LogP contribution is 2.38. The van der Waals surface area contributed by atoms with Crippen LogP contribution < -0.4 is 8.63 Å². The van der Waals surface area contributed by atoms with Crippen LogP contribution in [0.2, 0.25) is 0 Å². The molecule has 1 atom stereocenters. The topological polar surface area (TPSA) is 93.9 Å². The fourth-order valence-electron chi connectivity index (χ4n) is 4.66. The Morgan fingerprint density at radius 2 is 2.09 bits per heavy atom. The number of nitrogens with zero attached hydrogens (tertiary/aromatic N) is 3. The number of hydrogen-bond donors (Lipinski definition) is 1. The highest BCUT2D eigenvalue weighted by Gasteiger charge is 2.45. The molecule has 2 aliphatic heterocycles. The second kappa shape index (κ2) is 7.53. The van der Waals surface area contributed by atoms with E-state index in [9.17, 15) is 14.7 Å². The van der Waals surface area contributed by atoms with Gasteiger partial charge in [-0.05, 0) is 44.8 Å². The molecule has 0 saturated heterocycles. The molecule has 0 aliphatic carbocycles. The molecule has 0 radical (unpaired) electrons. The third-order valence-corrected chi connectivity index (χ3v) is 6.77. The number of carbonyl (C=O) groups excluding carboxylic acids is 1. The first-order chi connectivity index (χ1) is 15.3. The van der Waals surface area contributed by atoms with Crippen LogP contribution in [0.5, 0.6) is 5.75 Å². The lowest BCUT2D eigenvalue weighted by atomic mass is 9.86. The fraction of sp³-hybridized carbons (Fsp3) is 0.348. The van der Waals surface area contributed by atoms with Crippen molar-refractivity contribution in [2.24, 2.45) is 0 Å². The normalized spacial score (nSPS) is 19.0. The molecule has 32 heavy (non-hydrogen) atoms. The Kier molecular flexibility index (Phi) is 5.02. The first-order valence-corrected chi connectivity index (χ1v) is 11.2. The summed E-state index contributed by atoms with van der Waals surface area (Å²) in [5.74, 6) is 0.0420. The van der Waals surface area contributed by atoms with E-state index >= 15 is 0 Å². The predicted molar refractivity (Wildman–Crippen MR) is 126 cm³/mol. The third-order valence-electron chi connectivity index (χ3n) is 6.30. The van der Waals surface area contributed by atoms with E-state index in [1.165, 1.54) is 0 Å². The Hall–Kier alpha value is -2.50. The number of carbonyl (C=O) groups is 1.